The van der Waals surface area contributed by atoms with E-state index in [-0.39, 0.29) is 11.9 Å². The molecule has 2 unspecified atom stereocenters. The number of imide groups is 1. The van der Waals surface area contributed by atoms with Gasteiger partial charge in [-0.05, 0) is 30.5 Å². The number of amidine groups is 1. The Morgan fingerprint density at radius 3 is 2.58 bits per heavy atom. The van der Waals surface area contributed by atoms with Crippen molar-refractivity contribution in [1.82, 2.24) is 20.0 Å². The topological polar surface area (TPSA) is 71.5 Å². The Labute approximate surface area is 188 Å². The summed E-state index contributed by atoms with van der Waals surface area (Å²) in [7, 11) is 1.70. The summed E-state index contributed by atoms with van der Waals surface area (Å²) >= 11 is 6.21. The SMILES string of the molecule is Cc1ccc(Cl)cc1N1CCN(CC2=NC3C(C(=O)NC(=O)N3C)N2CC(C)C)CC1. The number of hydrogen-bond acceptors (Lipinski definition) is 6. The molecule has 0 bridgehead atoms. The van der Waals surface area contributed by atoms with Crippen LogP contribution in [-0.2, 0) is 4.79 Å². The smallest absolute Gasteiger partial charge is 0.325 e. The van der Waals surface area contributed by atoms with Gasteiger partial charge in [0.15, 0.2) is 12.2 Å². The molecule has 2 atom stereocenters. The number of halogens is 1. The number of carbonyl (C=O) groups is 2. The van der Waals surface area contributed by atoms with Gasteiger partial charge >= 0.3 is 6.03 Å². The Hall–Kier alpha value is -2.32. The number of amides is 3. The number of aryl methyl sites for hydroxylation is 1. The van der Waals surface area contributed by atoms with E-state index in [9.17, 15) is 9.59 Å². The third-order valence-electron chi connectivity index (χ3n) is 6.26. The highest BCUT2D eigenvalue weighted by atomic mass is 35.5. The van der Waals surface area contributed by atoms with Gasteiger partial charge in [0, 0.05) is 50.5 Å². The van der Waals surface area contributed by atoms with Crippen LogP contribution in [0.25, 0.3) is 0 Å². The molecular formula is C22H31ClN6O2. The maximum Gasteiger partial charge on any atom is 0.325 e. The third-order valence-corrected chi connectivity index (χ3v) is 6.49. The van der Waals surface area contributed by atoms with Crippen molar-refractivity contribution in [1.29, 1.82) is 0 Å². The quantitative estimate of drug-likeness (QED) is 0.749. The molecule has 31 heavy (non-hydrogen) atoms. The summed E-state index contributed by atoms with van der Waals surface area (Å²) < 4.78 is 0. The molecule has 8 nitrogen and oxygen atoms in total. The zero-order chi connectivity index (χ0) is 22.3. The van der Waals surface area contributed by atoms with Gasteiger partial charge in [-0.2, -0.15) is 0 Å². The summed E-state index contributed by atoms with van der Waals surface area (Å²) in [5, 5.41) is 3.22. The summed E-state index contributed by atoms with van der Waals surface area (Å²) in [4.78, 5) is 37.9. The molecule has 4 rings (SSSR count). The number of carbonyl (C=O) groups excluding carboxylic acids is 2. The Kier molecular flexibility index (Phi) is 6.12. The van der Waals surface area contributed by atoms with Gasteiger partial charge in [-0.15, -0.1) is 0 Å². The highest BCUT2D eigenvalue weighted by Gasteiger charge is 2.48. The first-order valence-corrected chi connectivity index (χ1v) is 11.3. The third kappa shape index (κ3) is 4.36. The molecule has 168 valence electrons. The van der Waals surface area contributed by atoms with Gasteiger partial charge in [0.25, 0.3) is 5.91 Å². The normalized spacial score (nSPS) is 24.6. The van der Waals surface area contributed by atoms with Gasteiger partial charge in [-0.25, -0.2) is 9.79 Å². The van der Waals surface area contributed by atoms with Crippen LogP contribution in [0.2, 0.25) is 5.02 Å². The van der Waals surface area contributed by atoms with E-state index in [1.807, 2.05) is 12.1 Å². The predicted octanol–water partition coefficient (Wildman–Crippen LogP) is 2.02. The minimum atomic E-state index is -0.453. The summed E-state index contributed by atoms with van der Waals surface area (Å²) in [6, 6.07) is 5.19. The van der Waals surface area contributed by atoms with Crippen LogP contribution >= 0.6 is 11.6 Å². The average molecular weight is 447 g/mol. The zero-order valence-electron chi connectivity index (χ0n) is 18.6. The second kappa shape index (κ2) is 8.67. The maximum atomic E-state index is 12.6. The number of urea groups is 1. The van der Waals surface area contributed by atoms with Crippen LogP contribution in [0.3, 0.4) is 0 Å². The first kappa shape index (κ1) is 21.9. The van der Waals surface area contributed by atoms with E-state index >= 15 is 0 Å². The number of likely N-dealkylation sites (N-methyl/N-ethyl adjacent to an activating group) is 1. The highest BCUT2D eigenvalue weighted by Crippen LogP contribution is 2.27. The van der Waals surface area contributed by atoms with Gasteiger partial charge in [-0.3, -0.25) is 15.0 Å². The first-order valence-electron chi connectivity index (χ1n) is 10.9. The van der Waals surface area contributed by atoms with E-state index in [1.54, 1.807) is 7.05 Å². The fourth-order valence-electron chi connectivity index (χ4n) is 4.60. The lowest BCUT2D eigenvalue weighted by Crippen LogP contribution is -2.64. The van der Waals surface area contributed by atoms with Crippen LogP contribution in [0.1, 0.15) is 19.4 Å². The van der Waals surface area contributed by atoms with Gasteiger partial charge in [-0.1, -0.05) is 31.5 Å². The summed E-state index contributed by atoms with van der Waals surface area (Å²) in [6.45, 7) is 11.4. The number of anilines is 1. The molecule has 0 spiro atoms. The number of benzene rings is 1. The standard InChI is InChI=1S/C22H31ClN6O2/c1-14(2)12-29-18(24-20-19(29)21(30)25-22(31)26(20)4)13-27-7-9-28(10-8-27)17-11-16(23)6-5-15(17)3/h5-6,11,14,19-20H,7-10,12-13H2,1-4H3,(H,25,30,31). The molecular weight excluding hydrogens is 416 g/mol. The number of hydrogen-bond donors (Lipinski definition) is 1. The molecule has 3 aliphatic rings. The highest BCUT2D eigenvalue weighted by molar-refractivity contribution is 6.30. The van der Waals surface area contributed by atoms with Crippen LogP contribution in [-0.4, -0.2) is 91.0 Å². The van der Waals surface area contributed by atoms with Gasteiger partial charge in [0.1, 0.15) is 5.84 Å². The molecule has 1 aromatic rings. The van der Waals surface area contributed by atoms with Crippen molar-refractivity contribution in [2.75, 3.05) is 51.2 Å². The minimum absolute atomic E-state index is 0.256. The van der Waals surface area contributed by atoms with Crippen molar-refractivity contribution in [2.45, 2.75) is 33.0 Å². The molecule has 1 N–H and O–H groups in total. The Balaban J connectivity index is 1.46. The second-order valence-electron chi connectivity index (χ2n) is 9.05. The number of piperazine rings is 1. The number of rotatable bonds is 5. The van der Waals surface area contributed by atoms with Crippen molar-refractivity contribution in [3.8, 4) is 0 Å². The second-order valence-corrected chi connectivity index (χ2v) is 9.49. The number of nitrogens with one attached hydrogen (secondary N) is 1. The Morgan fingerprint density at radius 2 is 1.90 bits per heavy atom. The van der Waals surface area contributed by atoms with Crippen LogP contribution in [0.5, 0.6) is 0 Å². The van der Waals surface area contributed by atoms with Crippen LogP contribution in [0.15, 0.2) is 23.2 Å². The zero-order valence-corrected chi connectivity index (χ0v) is 19.4. The molecule has 3 heterocycles. The van der Waals surface area contributed by atoms with Crippen molar-refractivity contribution in [2.24, 2.45) is 10.9 Å². The van der Waals surface area contributed by atoms with E-state index in [0.717, 1.165) is 43.6 Å². The lowest BCUT2D eigenvalue weighted by molar-refractivity contribution is -0.127. The van der Waals surface area contributed by atoms with Crippen molar-refractivity contribution in [3.05, 3.63) is 28.8 Å². The number of aliphatic imine (C=N–C) groups is 1. The van der Waals surface area contributed by atoms with Crippen molar-refractivity contribution in [3.63, 3.8) is 0 Å². The van der Waals surface area contributed by atoms with Gasteiger partial charge in [0.05, 0.1) is 6.54 Å². The molecule has 9 heteroatoms. The molecule has 0 aliphatic carbocycles. The Bertz CT molecular complexity index is 896. The number of fused-ring (bicyclic) bond motifs is 1. The monoisotopic (exact) mass is 446 g/mol. The van der Waals surface area contributed by atoms with Crippen LogP contribution in [0, 0.1) is 12.8 Å². The Morgan fingerprint density at radius 1 is 1.19 bits per heavy atom. The molecule has 0 radical (unpaired) electrons. The molecule has 2 fully saturated rings. The lowest BCUT2D eigenvalue weighted by atomic mass is 10.1. The fourth-order valence-corrected chi connectivity index (χ4v) is 4.76. The summed E-state index contributed by atoms with van der Waals surface area (Å²) in [6.07, 6.45) is -0.453. The molecule has 2 saturated heterocycles. The number of nitrogens with zero attached hydrogens (tertiary/aromatic N) is 5. The average Bonchev–Trinajstić information content (AvgIpc) is 3.07. The van der Waals surface area contributed by atoms with Gasteiger partial charge < -0.3 is 14.7 Å². The molecule has 0 aromatic heterocycles. The van der Waals surface area contributed by atoms with E-state index in [1.165, 1.54) is 16.2 Å². The molecule has 1 aromatic carbocycles. The van der Waals surface area contributed by atoms with Gasteiger partial charge in [0.2, 0.25) is 0 Å². The lowest BCUT2D eigenvalue weighted by Gasteiger charge is -2.39. The van der Waals surface area contributed by atoms with Crippen molar-refractivity contribution >= 4 is 35.1 Å². The van der Waals surface area contributed by atoms with Crippen LogP contribution < -0.4 is 10.2 Å². The summed E-state index contributed by atoms with van der Waals surface area (Å²) in [5.74, 6) is 1.02. The predicted molar refractivity (Wildman–Crippen MR) is 123 cm³/mol. The molecule has 3 amide bonds. The first-order chi connectivity index (χ1) is 14.7. The van der Waals surface area contributed by atoms with Crippen molar-refractivity contribution < 1.29 is 9.59 Å². The van der Waals surface area contributed by atoms with E-state index < -0.39 is 12.2 Å². The molecule has 0 saturated carbocycles. The minimum Gasteiger partial charge on any atom is -0.369 e. The molecule has 3 aliphatic heterocycles. The fraction of sp³-hybridized carbons (Fsp3) is 0.591. The maximum absolute atomic E-state index is 12.6. The van der Waals surface area contributed by atoms with Crippen LogP contribution in [0.4, 0.5) is 10.5 Å². The van der Waals surface area contributed by atoms with E-state index in [4.69, 9.17) is 16.6 Å². The largest absolute Gasteiger partial charge is 0.369 e. The summed E-state index contributed by atoms with van der Waals surface area (Å²) in [5.41, 5.74) is 2.42. The van der Waals surface area contributed by atoms with E-state index in [2.05, 4.69) is 46.9 Å². The van der Waals surface area contributed by atoms with E-state index in [0.29, 0.717) is 12.5 Å².